The summed E-state index contributed by atoms with van der Waals surface area (Å²) in [6.45, 7) is 1.82. The topological polar surface area (TPSA) is 62.7 Å². The van der Waals surface area contributed by atoms with Gasteiger partial charge in [-0.1, -0.05) is 17.7 Å². The van der Waals surface area contributed by atoms with E-state index in [2.05, 4.69) is 25.8 Å². The van der Waals surface area contributed by atoms with E-state index < -0.39 is 17.5 Å². The zero-order valence-corrected chi connectivity index (χ0v) is 13.6. The van der Waals surface area contributed by atoms with Crippen molar-refractivity contribution in [3.05, 3.63) is 64.6 Å². The zero-order chi connectivity index (χ0) is 18.0. The number of hydrogen-bond acceptors (Lipinski definition) is 5. The summed E-state index contributed by atoms with van der Waals surface area (Å²) in [5, 5.41) is 13.6. The van der Waals surface area contributed by atoms with E-state index in [1.807, 2.05) is 6.92 Å². The lowest BCUT2D eigenvalue weighted by Crippen LogP contribution is -2.05. The fraction of sp³-hybridized carbons (Fsp3) is 0.0625. The summed E-state index contributed by atoms with van der Waals surface area (Å²) in [7, 11) is 0. The number of hydrogen-bond donors (Lipinski definition) is 2. The number of nitrogens with one attached hydrogen (secondary N) is 2. The van der Waals surface area contributed by atoms with Crippen molar-refractivity contribution in [2.24, 2.45) is 0 Å². The van der Waals surface area contributed by atoms with Crippen molar-refractivity contribution in [2.75, 3.05) is 10.6 Å². The van der Waals surface area contributed by atoms with Gasteiger partial charge in [0.1, 0.15) is 0 Å². The molecule has 0 aliphatic carbocycles. The maximum absolute atomic E-state index is 13.7. The van der Waals surface area contributed by atoms with E-state index in [0.717, 1.165) is 17.7 Å². The SMILES string of the molecule is Cc1c(Cl)cccc1Nc1nncc(Nc2ccc(F)c(F)c2F)n1. The lowest BCUT2D eigenvalue weighted by molar-refractivity contribution is 0.449. The standard InChI is InChI=1S/C16H11ClF3N5/c1-8-9(17)3-2-4-11(8)23-16-24-13(7-21-25-16)22-12-6-5-10(18)14(19)15(12)20/h2-7H,1H3,(H2,22,23,24,25). The van der Waals surface area contributed by atoms with E-state index in [-0.39, 0.29) is 17.5 Å². The minimum absolute atomic E-state index is 0.0992. The molecular formula is C16H11ClF3N5. The number of anilines is 4. The molecule has 0 aliphatic rings. The van der Waals surface area contributed by atoms with Gasteiger partial charge in [-0.25, -0.2) is 13.2 Å². The molecule has 2 N–H and O–H groups in total. The van der Waals surface area contributed by atoms with Crippen molar-refractivity contribution in [1.29, 1.82) is 0 Å². The normalized spacial score (nSPS) is 10.6. The van der Waals surface area contributed by atoms with Crippen molar-refractivity contribution in [3.8, 4) is 0 Å². The monoisotopic (exact) mass is 365 g/mol. The smallest absolute Gasteiger partial charge is 0.249 e. The molecule has 1 heterocycles. The highest BCUT2D eigenvalue weighted by molar-refractivity contribution is 6.31. The molecule has 0 fully saturated rings. The summed E-state index contributed by atoms with van der Waals surface area (Å²) in [5.74, 6) is -3.97. The van der Waals surface area contributed by atoms with E-state index in [9.17, 15) is 13.2 Å². The Balaban J connectivity index is 1.85. The van der Waals surface area contributed by atoms with Crippen LogP contribution in [0.25, 0.3) is 0 Å². The van der Waals surface area contributed by atoms with Crippen LogP contribution in [0.2, 0.25) is 5.02 Å². The molecule has 3 aromatic rings. The molecule has 1 aromatic heterocycles. The Hall–Kier alpha value is -2.87. The number of nitrogens with zero attached hydrogens (tertiary/aromatic N) is 3. The Bertz CT molecular complexity index is 936. The third kappa shape index (κ3) is 3.63. The molecule has 0 unspecified atom stereocenters. The second kappa shape index (κ2) is 6.94. The van der Waals surface area contributed by atoms with Crippen LogP contribution in [-0.2, 0) is 0 Å². The van der Waals surface area contributed by atoms with Crippen molar-refractivity contribution >= 4 is 34.7 Å². The summed E-state index contributed by atoms with van der Waals surface area (Å²) in [6, 6.07) is 7.14. The van der Waals surface area contributed by atoms with Gasteiger partial charge in [0, 0.05) is 10.7 Å². The van der Waals surface area contributed by atoms with Gasteiger partial charge in [0.05, 0.1) is 11.9 Å². The minimum atomic E-state index is -1.57. The van der Waals surface area contributed by atoms with Crippen molar-refractivity contribution in [3.63, 3.8) is 0 Å². The molecule has 9 heteroatoms. The van der Waals surface area contributed by atoms with Crippen LogP contribution in [0.1, 0.15) is 5.56 Å². The molecular weight excluding hydrogens is 355 g/mol. The lowest BCUT2D eigenvalue weighted by atomic mass is 10.2. The maximum Gasteiger partial charge on any atom is 0.249 e. The lowest BCUT2D eigenvalue weighted by Gasteiger charge is -2.11. The quantitative estimate of drug-likeness (QED) is 0.654. The average Bonchev–Trinajstić information content (AvgIpc) is 2.60. The molecule has 0 radical (unpaired) electrons. The second-order valence-corrected chi connectivity index (χ2v) is 5.46. The second-order valence-electron chi connectivity index (χ2n) is 5.05. The van der Waals surface area contributed by atoms with E-state index in [1.165, 1.54) is 6.20 Å². The van der Waals surface area contributed by atoms with Gasteiger partial charge >= 0.3 is 0 Å². The highest BCUT2D eigenvalue weighted by atomic mass is 35.5. The Morgan fingerprint density at radius 1 is 0.960 bits per heavy atom. The number of aromatic nitrogens is 3. The molecule has 5 nitrogen and oxygen atoms in total. The average molecular weight is 366 g/mol. The molecule has 0 atom stereocenters. The summed E-state index contributed by atoms with van der Waals surface area (Å²) < 4.78 is 40.0. The Morgan fingerprint density at radius 2 is 1.76 bits per heavy atom. The number of rotatable bonds is 4. The van der Waals surface area contributed by atoms with Crippen LogP contribution < -0.4 is 10.6 Å². The first-order valence-electron chi connectivity index (χ1n) is 7.08. The molecule has 3 rings (SSSR count). The van der Waals surface area contributed by atoms with Crippen LogP contribution in [0, 0.1) is 24.4 Å². The van der Waals surface area contributed by atoms with Crippen molar-refractivity contribution in [1.82, 2.24) is 15.2 Å². The highest BCUT2D eigenvalue weighted by Crippen LogP contribution is 2.26. The van der Waals surface area contributed by atoms with Crippen LogP contribution in [0.3, 0.4) is 0 Å². The van der Waals surface area contributed by atoms with Gasteiger partial charge in [-0.3, -0.25) is 0 Å². The summed E-state index contributed by atoms with van der Waals surface area (Å²) in [4.78, 5) is 4.11. The molecule has 128 valence electrons. The summed E-state index contributed by atoms with van der Waals surface area (Å²) in [6.07, 6.45) is 1.22. The van der Waals surface area contributed by atoms with Gasteiger partial charge in [0.2, 0.25) is 5.95 Å². The largest absolute Gasteiger partial charge is 0.336 e. The fourth-order valence-corrected chi connectivity index (χ4v) is 2.22. The first kappa shape index (κ1) is 17.0. The van der Waals surface area contributed by atoms with Gasteiger partial charge in [0.15, 0.2) is 23.3 Å². The molecule has 2 aromatic carbocycles. The van der Waals surface area contributed by atoms with Crippen LogP contribution in [-0.4, -0.2) is 15.2 Å². The zero-order valence-electron chi connectivity index (χ0n) is 12.8. The minimum Gasteiger partial charge on any atom is -0.336 e. The van der Waals surface area contributed by atoms with E-state index >= 15 is 0 Å². The highest BCUT2D eigenvalue weighted by Gasteiger charge is 2.14. The molecule has 0 saturated heterocycles. The van der Waals surface area contributed by atoms with Crippen molar-refractivity contribution < 1.29 is 13.2 Å². The van der Waals surface area contributed by atoms with E-state index in [1.54, 1.807) is 18.2 Å². The predicted molar refractivity (Wildman–Crippen MR) is 88.9 cm³/mol. The Morgan fingerprint density at radius 3 is 2.56 bits per heavy atom. The van der Waals surface area contributed by atoms with Crippen LogP contribution in [0.5, 0.6) is 0 Å². The Labute approximate surface area is 145 Å². The van der Waals surface area contributed by atoms with Crippen LogP contribution in [0.15, 0.2) is 36.5 Å². The molecule has 0 aliphatic heterocycles. The molecule has 0 bridgehead atoms. The van der Waals surface area contributed by atoms with Gasteiger partial charge in [-0.15, -0.1) is 5.10 Å². The predicted octanol–water partition coefficient (Wildman–Crippen LogP) is 4.74. The van der Waals surface area contributed by atoms with E-state index in [4.69, 9.17) is 11.6 Å². The maximum atomic E-state index is 13.7. The molecule has 0 spiro atoms. The first-order valence-corrected chi connectivity index (χ1v) is 7.46. The molecule has 0 amide bonds. The Kier molecular flexibility index (Phi) is 4.71. The van der Waals surface area contributed by atoms with E-state index in [0.29, 0.717) is 10.7 Å². The van der Waals surface area contributed by atoms with Gasteiger partial charge in [-0.2, -0.15) is 10.1 Å². The molecule has 0 saturated carbocycles. The van der Waals surface area contributed by atoms with Gasteiger partial charge < -0.3 is 10.6 Å². The first-order chi connectivity index (χ1) is 12.0. The third-order valence-electron chi connectivity index (χ3n) is 3.37. The third-order valence-corrected chi connectivity index (χ3v) is 3.78. The van der Waals surface area contributed by atoms with Gasteiger partial charge in [-0.05, 0) is 36.8 Å². The summed E-state index contributed by atoms with van der Waals surface area (Å²) in [5.41, 5.74) is 1.19. The number of benzene rings is 2. The van der Waals surface area contributed by atoms with Crippen LogP contribution >= 0.6 is 11.6 Å². The fourth-order valence-electron chi connectivity index (χ4n) is 2.04. The van der Waals surface area contributed by atoms with Gasteiger partial charge in [0.25, 0.3) is 0 Å². The molecule has 25 heavy (non-hydrogen) atoms. The van der Waals surface area contributed by atoms with Crippen molar-refractivity contribution in [2.45, 2.75) is 6.92 Å². The number of halogens is 4. The summed E-state index contributed by atoms with van der Waals surface area (Å²) >= 11 is 6.05. The van der Waals surface area contributed by atoms with Crippen LogP contribution in [0.4, 0.5) is 36.3 Å².